The van der Waals surface area contributed by atoms with Crippen LogP contribution in [0.5, 0.6) is 0 Å². The standard InChI is InChI=1S/C16H18S/c1-16(2,3)14-11-12-17-15(14)10-9-13-7-5-4-6-8-13/h4-12H,1-3H3/b10-9+. The van der Waals surface area contributed by atoms with E-state index in [1.165, 1.54) is 16.0 Å². The van der Waals surface area contributed by atoms with Crippen LogP contribution in [0.1, 0.15) is 36.8 Å². The van der Waals surface area contributed by atoms with Crippen LogP contribution in [0.4, 0.5) is 0 Å². The largest absolute Gasteiger partial charge is 0.144 e. The molecule has 0 radical (unpaired) electrons. The smallest absolute Gasteiger partial charge is 0.0307 e. The molecule has 0 aliphatic carbocycles. The number of rotatable bonds is 2. The molecule has 0 nitrogen and oxygen atoms in total. The zero-order chi connectivity index (χ0) is 12.3. The molecule has 0 unspecified atom stereocenters. The highest BCUT2D eigenvalue weighted by atomic mass is 32.1. The van der Waals surface area contributed by atoms with E-state index in [0.717, 1.165) is 0 Å². The van der Waals surface area contributed by atoms with Gasteiger partial charge in [0.2, 0.25) is 0 Å². The molecule has 17 heavy (non-hydrogen) atoms. The van der Waals surface area contributed by atoms with Gasteiger partial charge in [-0.25, -0.2) is 0 Å². The minimum Gasteiger partial charge on any atom is -0.144 e. The summed E-state index contributed by atoms with van der Waals surface area (Å²) in [6.07, 6.45) is 4.40. The minimum absolute atomic E-state index is 0.219. The molecule has 2 rings (SSSR count). The quantitative estimate of drug-likeness (QED) is 0.677. The summed E-state index contributed by atoms with van der Waals surface area (Å²) in [6, 6.07) is 12.7. The Hall–Kier alpha value is -1.34. The maximum absolute atomic E-state index is 2.26. The van der Waals surface area contributed by atoms with E-state index in [0.29, 0.717) is 0 Å². The first-order valence-electron chi connectivity index (χ1n) is 5.88. The molecule has 0 aliphatic heterocycles. The highest BCUT2D eigenvalue weighted by Gasteiger charge is 2.17. The van der Waals surface area contributed by atoms with Crippen molar-refractivity contribution in [3.63, 3.8) is 0 Å². The van der Waals surface area contributed by atoms with Crippen LogP contribution in [0.3, 0.4) is 0 Å². The van der Waals surface area contributed by atoms with Gasteiger partial charge in [0.15, 0.2) is 0 Å². The lowest BCUT2D eigenvalue weighted by atomic mass is 9.87. The molecule has 1 heterocycles. The summed E-state index contributed by atoms with van der Waals surface area (Å²) in [7, 11) is 0. The molecule has 88 valence electrons. The molecule has 0 fully saturated rings. The molecule has 1 aromatic heterocycles. The Morgan fingerprint density at radius 2 is 1.65 bits per heavy atom. The van der Waals surface area contributed by atoms with Crippen LogP contribution in [0.25, 0.3) is 12.2 Å². The van der Waals surface area contributed by atoms with E-state index >= 15 is 0 Å². The molecule has 0 N–H and O–H groups in total. The van der Waals surface area contributed by atoms with Gasteiger partial charge in [-0.05, 0) is 34.1 Å². The Morgan fingerprint density at radius 3 is 2.29 bits per heavy atom. The third-order valence-electron chi connectivity index (χ3n) is 2.73. The van der Waals surface area contributed by atoms with Crippen LogP contribution in [-0.4, -0.2) is 0 Å². The second-order valence-electron chi connectivity index (χ2n) is 5.19. The number of hydrogen-bond acceptors (Lipinski definition) is 1. The van der Waals surface area contributed by atoms with Crippen LogP contribution in [0.15, 0.2) is 41.8 Å². The molecule has 0 aliphatic rings. The normalized spacial score (nSPS) is 12.2. The molecule has 1 aromatic carbocycles. The van der Waals surface area contributed by atoms with E-state index in [-0.39, 0.29) is 5.41 Å². The summed E-state index contributed by atoms with van der Waals surface area (Å²) >= 11 is 1.81. The summed E-state index contributed by atoms with van der Waals surface area (Å²) in [5, 5.41) is 2.17. The molecule has 0 bridgehead atoms. The lowest BCUT2D eigenvalue weighted by molar-refractivity contribution is 0.592. The van der Waals surface area contributed by atoms with E-state index in [1.807, 2.05) is 17.4 Å². The number of thiophene rings is 1. The molecular weight excluding hydrogens is 224 g/mol. The lowest BCUT2D eigenvalue weighted by Gasteiger charge is -2.18. The fourth-order valence-electron chi connectivity index (χ4n) is 1.81. The van der Waals surface area contributed by atoms with Crippen LogP contribution >= 0.6 is 11.3 Å². The van der Waals surface area contributed by atoms with E-state index in [4.69, 9.17) is 0 Å². The minimum atomic E-state index is 0.219. The van der Waals surface area contributed by atoms with Crippen molar-refractivity contribution in [1.29, 1.82) is 0 Å². The monoisotopic (exact) mass is 242 g/mol. The first kappa shape index (κ1) is 12.1. The SMILES string of the molecule is CC(C)(C)c1ccsc1/C=C/c1ccccc1. The van der Waals surface area contributed by atoms with Crippen LogP contribution in [-0.2, 0) is 5.41 Å². The molecule has 0 saturated heterocycles. The van der Waals surface area contributed by atoms with Gasteiger partial charge in [0, 0.05) is 4.88 Å². The molecule has 1 heteroatoms. The van der Waals surface area contributed by atoms with Crippen LogP contribution < -0.4 is 0 Å². The highest BCUT2D eigenvalue weighted by Crippen LogP contribution is 2.30. The predicted molar refractivity (Wildman–Crippen MR) is 78.4 cm³/mol. The molecule has 0 spiro atoms. The summed E-state index contributed by atoms with van der Waals surface area (Å²) in [6.45, 7) is 6.78. The van der Waals surface area contributed by atoms with E-state index in [2.05, 4.69) is 68.6 Å². The van der Waals surface area contributed by atoms with Gasteiger partial charge in [-0.15, -0.1) is 11.3 Å². The van der Waals surface area contributed by atoms with Gasteiger partial charge >= 0.3 is 0 Å². The zero-order valence-corrected chi connectivity index (χ0v) is 11.4. The summed E-state index contributed by atoms with van der Waals surface area (Å²) in [5.41, 5.74) is 2.89. The Bertz CT molecular complexity index is 498. The van der Waals surface area contributed by atoms with Crippen molar-refractivity contribution in [2.24, 2.45) is 0 Å². The van der Waals surface area contributed by atoms with Gasteiger partial charge in [0.05, 0.1) is 0 Å². The Balaban J connectivity index is 2.26. The van der Waals surface area contributed by atoms with Crippen molar-refractivity contribution >= 4 is 23.5 Å². The van der Waals surface area contributed by atoms with E-state index in [9.17, 15) is 0 Å². The molecule has 2 aromatic rings. The van der Waals surface area contributed by atoms with Crippen molar-refractivity contribution in [2.45, 2.75) is 26.2 Å². The summed E-state index contributed by atoms with van der Waals surface area (Å²) in [5.74, 6) is 0. The van der Waals surface area contributed by atoms with Gasteiger partial charge in [-0.2, -0.15) is 0 Å². The van der Waals surface area contributed by atoms with E-state index in [1.54, 1.807) is 0 Å². The third-order valence-corrected chi connectivity index (χ3v) is 3.61. The molecule has 0 atom stereocenters. The topological polar surface area (TPSA) is 0 Å². The average molecular weight is 242 g/mol. The zero-order valence-electron chi connectivity index (χ0n) is 10.6. The fourth-order valence-corrected chi connectivity index (χ4v) is 2.80. The first-order valence-corrected chi connectivity index (χ1v) is 6.76. The lowest BCUT2D eigenvalue weighted by Crippen LogP contribution is -2.10. The highest BCUT2D eigenvalue weighted by molar-refractivity contribution is 7.11. The second kappa shape index (κ2) is 4.89. The predicted octanol–water partition coefficient (Wildman–Crippen LogP) is 5.22. The van der Waals surface area contributed by atoms with Crippen molar-refractivity contribution in [1.82, 2.24) is 0 Å². The Labute approximate surface area is 108 Å². The van der Waals surface area contributed by atoms with Crippen LogP contribution in [0, 0.1) is 0 Å². The Morgan fingerprint density at radius 1 is 0.941 bits per heavy atom. The maximum atomic E-state index is 2.26. The number of benzene rings is 1. The Kier molecular flexibility index (Phi) is 3.49. The van der Waals surface area contributed by atoms with Gasteiger partial charge in [0.25, 0.3) is 0 Å². The molecular formula is C16H18S. The van der Waals surface area contributed by atoms with Gasteiger partial charge in [-0.1, -0.05) is 57.2 Å². The fraction of sp³-hybridized carbons (Fsp3) is 0.250. The first-order chi connectivity index (χ1) is 8.07. The summed E-state index contributed by atoms with van der Waals surface area (Å²) in [4.78, 5) is 1.36. The molecule has 0 saturated carbocycles. The van der Waals surface area contributed by atoms with Gasteiger partial charge in [0.1, 0.15) is 0 Å². The summed E-state index contributed by atoms with van der Waals surface area (Å²) < 4.78 is 0. The van der Waals surface area contributed by atoms with Crippen molar-refractivity contribution in [2.75, 3.05) is 0 Å². The second-order valence-corrected chi connectivity index (χ2v) is 6.14. The van der Waals surface area contributed by atoms with Crippen molar-refractivity contribution < 1.29 is 0 Å². The van der Waals surface area contributed by atoms with Crippen molar-refractivity contribution in [3.8, 4) is 0 Å². The van der Waals surface area contributed by atoms with Gasteiger partial charge < -0.3 is 0 Å². The maximum Gasteiger partial charge on any atom is 0.0307 e. The van der Waals surface area contributed by atoms with Gasteiger partial charge in [-0.3, -0.25) is 0 Å². The molecule has 0 amide bonds. The van der Waals surface area contributed by atoms with E-state index < -0.39 is 0 Å². The number of hydrogen-bond donors (Lipinski definition) is 0. The third kappa shape index (κ3) is 3.07. The van der Waals surface area contributed by atoms with Crippen LogP contribution in [0.2, 0.25) is 0 Å². The average Bonchev–Trinajstić information content (AvgIpc) is 2.75. The van der Waals surface area contributed by atoms with Crippen molar-refractivity contribution in [3.05, 3.63) is 57.8 Å².